The van der Waals surface area contributed by atoms with Crippen LogP contribution in [-0.2, 0) is 10.2 Å². The molecule has 0 radical (unpaired) electrons. The van der Waals surface area contributed by atoms with Gasteiger partial charge in [-0.05, 0) is 30.2 Å². The Morgan fingerprint density at radius 1 is 1.41 bits per heavy atom. The predicted molar refractivity (Wildman–Crippen MR) is 64.4 cm³/mol. The summed E-state index contributed by atoms with van der Waals surface area (Å²) >= 11 is 0. The zero-order chi connectivity index (χ0) is 13.2. The van der Waals surface area contributed by atoms with Crippen LogP contribution < -0.4 is 4.74 Å². The van der Waals surface area contributed by atoms with Crippen molar-refractivity contribution in [1.29, 1.82) is 0 Å². The van der Waals surface area contributed by atoms with Crippen LogP contribution in [0.5, 0.6) is 5.75 Å². The molecule has 4 heteroatoms. The molecule has 0 spiro atoms. The third-order valence-corrected chi connectivity index (χ3v) is 3.05. The predicted octanol–water partition coefficient (Wildman–Crippen LogP) is 1.73. The Kier molecular flexibility index (Phi) is 3.78. The third kappa shape index (κ3) is 2.58. The van der Waals surface area contributed by atoms with Crippen molar-refractivity contribution in [2.45, 2.75) is 32.3 Å². The van der Waals surface area contributed by atoms with Crippen LogP contribution in [0.15, 0.2) is 18.2 Å². The first kappa shape index (κ1) is 13.5. The standard InChI is InChI=1S/C13H18O4/c1-8-7-9(17-4)5-6-10(8)13(2,3)11(14)12(15)16/h5-7,11,14H,1-4H3,(H,15,16). The van der Waals surface area contributed by atoms with Gasteiger partial charge >= 0.3 is 5.97 Å². The Bertz CT molecular complexity index is 423. The van der Waals surface area contributed by atoms with Crippen molar-refractivity contribution in [3.8, 4) is 5.75 Å². The van der Waals surface area contributed by atoms with Crippen LogP contribution in [0.1, 0.15) is 25.0 Å². The summed E-state index contributed by atoms with van der Waals surface area (Å²) in [6, 6.07) is 5.38. The van der Waals surface area contributed by atoms with Crippen molar-refractivity contribution in [2.24, 2.45) is 0 Å². The van der Waals surface area contributed by atoms with E-state index in [1.54, 1.807) is 33.1 Å². The van der Waals surface area contributed by atoms with Gasteiger partial charge in [0.1, 0.15) is 5.75 Å². The van der Waals surface area contributed by atoms with E-state index in [0.717, 1.165) is 11.1 Å². The molecule has 1 aromatic rings. The minimum Gasteiger partial charge on any atom is -0.497 e. The van der Waals surface area contributed by atoms with E-state index in [4.69, 9.17) is 9.84 Å². The van der Waals surface area contributed by atoms with E-state index >= 15 is 0 Å². The molecule has 0 fully saturated rings. The fourth-order valence-corrected chi connectivity index (χ4v) is 1.94. The first-order valence-electron chi connectivity index (χ1n) is 5.36. The van der Waals surface area contributed by atoms with Gasteiger partial charge in [0.2, 0.25) is 0 Å². The topological polar surface area (TPSA) is 66.8 Å². The lowest BCUT2D eigenvalue weighted by molar-refractivity contribution is -0.150. The second kappa shape index (κ2) is 4.75. The van der Waals surface area contributed by atoms with E-state index in [1.807, 2.05) is 13.0 Å². The number of aliphatic carboxylic acids is 1. The average Bonchev–Trinajstić information content (AvgIpc) is 2.27. The van der Waals surface area contributed by atoms with Crippen molar-refractivity contribution in [3.63, 3.8) is 0 Å². The summed E-state index contributed by atoms with van der Waals surface area (Å²) in [6.07, 6.45) is -1.44. The molecule has 2 N–H and O–H groups in total. The average molecular weight is 238 g/mol. The molecule has 0 aromatic heterocycles. The number of aliphatic hydroxyl groups is 1. The Balaban J connectivity index is 3.19. The summed E-state index contributed by atoms with van der Waals surface area (Å²) in [5.74, 6) is -0.503. The van der Waals surface area contributed by atoms with Crippen molar-refractivity contribution >= 4 is 5.97 Å². The normalized spacial score (nSPS) is 13.2. The largest absolute Gasteiger partial charge is 0.497 e. The van der Waals surface area contributed by atoms with Gasteiger partial charge < -0.3 is 14.9 Å². The SMILES string of the molecule is COc1ccc(C(C)(C)C(O)C(=O)O)c(C)c1. The maximum absolute atomic E-state index is 10.9. The van der Waals surface area contributed by atoms with Gasteiger partial charge in [-0.2, -0.15) is 0 Å². The molecule has 4 nitrogen and oxygen atoms in total. The summed E-state index contributed by atoms with van der Waals surface area (Å²) in [5.41, 5.74) is 0.852. The summed E-state index contributed by atoms with van der Waals surface area (Å²) in [5, 5.41) is 18.6. The fraction of sp³-hybridized carbons (Fsp3) is 0.462. The van der Waals surface area contributed by atoms with Gasteiger partial charge in [-0.15, -0.1) is 0 Å². The highest BCUT2D eigenvalue weighted by atomic mass is 16.5. The first-order chi connectivity index (χ1) is 7.80. The van der Waals surface area contributed by atoms with Gasteiger partial charge in [-0.3, -0.25) is 0 Å². The van der Waals surface area contributed by atoms with Gasteiger partial charge in [0.15, 0.2) is 6.10 Å². The Morgan fingerprint density at radius 2 is 2.00 bits per heavy atom. The van der Waals surface area contributed by atoms with E-state index in [1.165, 1.54) is 0 Å². The molecular weight excluding hydrogens is 220 g/mol. The van der Waals surface area contributed by atoms with Crippen molar-refractivity contribution in [2.75, 3.05) is 7.11 Å². The number of aryl methyl sites for hydroxylation is 1. The Morgan fingerprint density at radius 3 is 2.41 bits per heavy atom. The number of methoxy groups -OCH3 is 1. The molecule has 0 heterocycles. The van der Waals surface area contributed by atoms with Crippen LogP contribution in [0.2, 0.25) is 0 Å². The minimum absolute atomic E-state index is 0.715. The number of ether oxygens (including phenoxy) is 1. The quantitative estimate of drug-likeness (QED) is 0.838. The van der Waals surface area contributed by atoms with E-state index in [9.17, 15) is 9.90 Å². The smallest absolute Gasteiger partial charge is 0.333 e. The molecule has 0 bridgehead atoms. The molecule has 0 aliphatic heterocycles. The minimum atomic E-state index is -1.44. The lowest BCUT2D eigenvalue weighted by atomic mass is 9.77. The summed E-state index contributed by atoms with van der Waals surface area (Å²) in [7, 11) is 1.58. The van der Waals surface area contributed by atoms with Crippen molar-refractivity contribution in [1.82, 2.24) is 0 Å². The fourth-order valence-electron chi connectivity index (χ4n) is 1.94. The second-order valence-electron chi connectivity index (χ2n) is 4.64. The highest BCUT2D eigenvalue weighted by Crippen LogP contribution is 2.31. The van der Waals surface area contributed by atoms with Gasteiger partial charge in [0, 0.05) is 5.41 Å². The monoisotopic (exact) mass is 238 g/mol. The van der Waals surface area contributed by atoms with Gasteiger partial charge in [0.05, 0.1) is 7.11 Å². The zero-order valence-electron chi connectivity index (χ0n) is 10.5. The van der Waals surface area contributed by atoms with E-state index < -0.39 is 17.5 Å². The second-order valence-corrected chi connectivity index (χ2v) is 4.64. The number of hydrogen-bond acceptors (Lipinski definition) is 3. The molecule has 17 heavy (non-hydrogen) atoms. The molecule has 1 rings (SSSR count). The van der Waals surface area contributed by atoms with Gasteiger partial charge in [0.25, 0.3) is 0 Å². The number of hydrogen-bond donors (Lipinski definition) is 2. The van der Waals surface area contributed by atoms with Crippen LogP contribution in [0.3, 0.4) is 0 Å². The summed E-state index contributed by atoms with van der Waals surface area (Å²) in [4.78, 5) is 10.9. The lowest BCUT2D eigenvalue weighted by Gasteiger charge is -2.30. The Hall–Kier alpha value is -1.55. The van der Waals surface area contributed by atoms with Crippen LogP contribution in [0, 0.1) is 6.92 Å². The Labute approximate surface area is 101 Å². The van der Waals surface area contributed by atoms with Crippen molar-refractivity contribution < 1.29 is 19.7 Å². The molecule has 1 aromatic carbocycles. The number of rotatable bonds is 4. The van der Waals surface area contributed by atoms with Gasteiger partial charge in [-0.1, -0.05) is 19.9 Å². The van der Waals surface area contributed by atoms with Crippen LogP contribution >= 0.6 is 0 Å². The molecule has 1 atom stereocenters. The molecule has 1 unspecified atom stereocenters. The van der Waals surface area contributed by atoms with E-state index in [-0.39, 0.29) is 0 Å². The molecule has 0 aliphatic carbocycles. The molecular formula is C13H18O4. The maximum atomic E-state index is 10.9. The third-order valence-electron chi connectivity index (χ3n) is 3.05. The lowest BCUT2D eigenvalue weighted by Crippen LogP contribution is -2.40. The number of carboxylic acids is 1. The highest BCUT2D eigenvalue weighted by molar-refractivity contribution is 5.74. The van der Waals surface area contributed by atoms with E-state index in [2.05, 4.69) is 0 Å². The van der Waals surface area contributed by atoms with Crippen molar-refractivity contribution in [3.05, 3.63) is 29.3 Å². The maximum Gasteiger partial charge on any atom is 0.333 e. The van der Waals surface area contributed by atoms with Crippen LogP contribution in [-0.4, -0.2) is 29.4 Å². The molecule has 94 valence electrons. The molecule has 0 amide bonds. The number of carboxylic acid groups (broad SMARTS) is 1. The molecule has 0 saturated heterocycles. The molecule has 0 aliphatic rings. The van der Waals surface area contributed by atoms with Crippen LogP contribution in [0.4, 0.5) is 0 Å². The van der Waals surface area contributed by atoms with E-state index in [0.29, 0.717) is 5.75 Å². The molecule has 0 saturated carbocycles. The number of benzene rings is 1. The highest BCUT2D eigenvalue weighted by Gasteiger charge is 2.36. The first-order valence-corrected chi connectivity index (χ1v) is 5.36. The zero-order valence-corrected chi connectivity index (χ0v) is 10.5. The summed E-state index contributed by atoms with van der Waals surface area (Å²) < 4.78 is 5.09. The van der Waals surface area contributed by atoms with Crippen LogP contribution in [0.25, 0.3) is 0 Å². The summed E-state index contributed by atoms with van der Waals surface area (Å²) in [6.45, 7) is 5.29. The number of carbonyl (C=O) groups is 1. The van der Waals surface area contributed by atoms with Gasteiger partial charge in [-0.25, -0.2) is 4.79 Å². The number of aliphatic hydroxyl groups excluding tert-OH is 1.